The summed E-state index contributed by atoms with van der Waals surface area (Å²) in [5.41, 5.74) is 4.81. The van der Waals surface area contributed by atoms with Crippen LogP contribution >= 0.6 is 0 Å². The van der Waals surface area contributed by atoms with Gasteiger partial charge < -0.3 is 18.8 Å². The molecule has 0 spiro atoms. The molecule has 0 aromatic heterocycles. The number of allylic oxidation sites excluding steroid dienone is 2. The van der Waals surface area contributed by atoms with Crippen molar-refractivity contribution in [1.82, 2.24) is 0 Å². The van der Waals surface area contributed by atoms with Crippen molar-refractivity contribution in [2.24, 2.45) is 0 Å². The van der Waals surface area contributed by atoms with Gasteiger partial charge in [0.2, 0.25) is 0 Å². The molecule has 0 amide bonds. The van der Waals surface area contributed by atoms with Gasteiger partial charge in [0.15, 0.2) is 5.75 Å². The van der Waals surface area contributed by atoms with Gasteiger partial charge in [0.1, 0.15) is 17.1 Å². The lowest BCUT2D eigenvalue weighted by Gasteiger charge is -2.19. The highest BCUT2D eigenvalue weighted by Gasteiger charge is 2.34. The van der Waals surface area contributed by atoms with Crippen molar-refractivity contribution >= 4 is 22.1 Å². The van der Waals surface area contributed by atoms with Crippen molar-refractivity contribution in [2.45, 2.75) is 64.9 Å². The number of ether oxygens (including phenoxy) is 1. The van der Waals surface area contributed by atoms with E-state index in [9.17, 15) is 23.1 Å². The number of carboxylic acids is 1. The zero-order chi connectivity index (χ0) is 24.3. The highest BCUT2D eigenvalue weighted by molar-refractivity contribution is 7.87. The molecule has 1 heterocycles. The number of hydrogen-bond acceptors (Lipinski definition) is 7. The van der Waals surface area contributed by atoms with E-state index in [0.717, 1.165) is 22.3 Å². The lowest BCUT2D eigenvalue weighted by molar-refractivity contribution is -0.305. The summed E-state index contributed by atoms with van der Waals surface area (Å²) >= 11 is 0. The highest BCUT2D eigenvalue weighted by atomic mass is 32.2. The number of fused-ring (bicyclic) bond motifs is 1. The first kappa shape index (κ1) is 24.5. The number of cyclic esters (lactones) is 1. The minimum Gasteiger partial charge on any atom is -0.550 e. The lowest BCUT2D eigenvalue weighted by Crippen LogP contribution is -2.21. The largest absolute Gasteiger partial charge is 0.550 e. The standard InChI is InChI=1S/C25H28O7S/c1-5-19-17(4)21-14-31-25(28)23(21)24(20(19)12-8-16(3)9-13-22(26)27)32-33(29,30)18-10-6-15(2)7-11-18/h6-8,10-11H,5,9,12-14H2,1-4H3,(H,26,27)/p-1/b16-8+. The molecule has 0 unspecified atom stereocenters. The summed E-state index contributed by atoms with van der Waals surface area (Å²) in [7, 11) is -4.21. The number of hydrogen-bond donors (Lipinski definition) is 0. The molecule has 3 rings (SSSR count). The average Bonchev–Trinajstić information content (AvgIpc) is 3.15. The highest BCUT2D eigenvalue weighted by Crippen LogP contribution is 2.40. The van der Waals surface area contributed by atoms with Gasteiger partial charge in [0.05, 0.1) is 0 Å². The summed E-state index contributed by atoms with van der Waals surface area (Å²) in [4.78, 5) is 23.4. The van der Waals surface area contributed by atoms with Gasteiger partial charge in [-0.15, -0.1) is 0 Å². The van der Waals surface area contributed by atoms with Gasteiger partial charge in [0, 0.05) is 17.1 Å². The fourth-order valence-electron chi connectivity index (χ4n) is 3.95. The van der Waals surface area contributed by atoms with E-state index in [1.807, 2.05) is 26.8 Å². The van der Waals surface area contributed by atoms with Crippen LogP contribution in [0.2, 0.25) is 0 Å². The number of carbonyl (C=O) groups is 2. The van der Waals surface area contributed by atoms with Crippen molar-refractivity contribution < 1.29 is 32.0 Å². The molecule has 8 heteroatoms. The van der Waals surface area contributed by atoms with Crippen molar-refractivity contribution in [3.8, 4) is 5.75 Å². The molecule has 0 saturated heterocycles. The topological polar surface area (TPSA) is 110 Å². The van der Waals surface area contributed by atoms with Crippen LogP contribution in [0.1, 0.15) is 64.9 Å². The minimum atomic E-state index is -4.21. The molecule has 33 heavy (non-hydrogen) atoms. The van der Waals surface area contributed by atoms with E-state index in [2.05, 4.69) is 0 Å². The quantitative estimate of drug-likeness (QED) is 0.313. The third-order valence-electron chi connectivity index (χ3n) is 5.86. The van der Waals surface area contributed by atoms with Crippen LogP contribution < -0.4 is 9.29 Å². The van der Waals surface area contributed by atoms with Crippen LogP contribution in [0.25, 0.3) is 0 Å². The molecule has 7 nitrogen and oxygen atoms in total. The van der Waals surface area contributed by atoms with E-state index in [4.69, 9.17) is 8.92 Å². The predicted octanol–water partition coefficient (Wildman–Crippen LogP) is 3.32. The van der Waals surface area contributed by atoms with Gasteiger partial charge >= 0.3 is 16.1 Å². The summed E-state index contributed by atoms with van der Waals surface area (Å²) in [5.74, 6) is -1.77. The van der Waals surface area contributed by atoms with Gasteiger partial charge in [0.25, 0.3) is 0 Å². The third-order valence-corrected chi connectivity index (χ3v) is 7.09. The molecule has 1 aliphatic rings. The Bertz CT molecular complexity index is 1220. The first-order valence-corrected chi connectivity index (χ1v) is 12.2. The van der Waals surface area contributed by atoms with E-state index in [1.165, 1.54) is 12.1 Å². The second-order valence-corrected chi connectivity index (χ2v) is 9.72. The van der Waals surface area contributed by atoms with Crippen LogP contribution in [-0.4, -0.2) is 20.4 Å². The summed E-state index contributed by atoms with van der Waals surface area (Å²) in [5, 5.41) is 10.8. The molecular formula is C25H27O7S-. The summed E-state index contributed by atoms with van der Waals surface area (Å²) in [6.07, 6.45) is 2.91. The maximum atomic E-state index is 13.1. The molecule has 0 fully saturated rings. The van der Waals surface area contributed by atoms with E-state index < -0.39 is 22.1 Å². The maximum Gasteiger partial charge on any atom is 0.342 e. The fraction of sp³-hybridized carbons (Fsp3) is 0.360. The second kappa shape index (κ2) is 9.79. The van der Waals surface area contributed by atoms with Crippen LogP contribution in [-0.2, 0) is 39.1 Å². The van der Waals surface area contributed by atoms with Crippen molar-refractivity contribution in [2.75, 3.05) is 0 Å². The van der Waals surface area contributed by atoms with Gasteiger partial charge in [-0.25, -0.2) is 4.79 Å². The number of esters is 1. The SMILES string of the molecule is CCc1c(C)c2c(c(OS(=O)(=O)c3ccc(C)cc3)c1C/C=C(\C)CCC(=O)[O-])C(=O)OC2. The Hall–Kier alpha value is -3.13. The first-order chi connectivity index (χ1) is 15.5. The van der Waals surface area contributed by atoms with E-state index in [1.54, 1.807) is 19.1 Å². The fourth-order valence-corrected chi connectivity index (χ4v) is 4.92. The third kappa shape index (κ3) is 5.27. The van der Waals surface area contributed by atoms with Gasteiger partial charge in [-0.3, -0.25) is 0 Å². The Morgan fingerprint density at radius 1 is 1.15 bits per heavy atom. The molecular weight excluding hydrogens is 444 g/mol. The Balaban J connectivity index is 2.13. The molecule has 0 aliphatic carbocycles. The number of benzene rings is 2. The molecule has 0 N–H and O–H groups in total. The zero-order valence-corrected chi connectivity index (χ0v) is 20.0. The summed E-state index contributed by atoms with van der Waals surface area (Å²) < 4.78 is 37.1. The summed E-state index contributed by atoms with van der Waals surface area (Å²) in [6.45, 7) is 7.54. The number of aliphatic carboxylic acids is 1. The van der Waals surface area contributed by atoms with Crippen molar-refractivity contribution in [3.05, 3.63) is 69.3 Å². The normalized spacial score (nSPS) is 13.6. The van der Waals surface area contributed by atoms with E-state index >= 15 is 0 Å². The molecule has 176 valence electrons. The Kier molecular flexibility index (Phi) is 7.27. The average molecular weight is 472 g/mol. The van der Waals surface area contributed by atoms with Crippen LogP contribution in [0.4, 0.5) is 0 Å². The Morgan fingerprint density at radius 3 is 2.42 bits per heavy atom. The molecule has 1 aliphatic heterocycles. The molecule has 2 aromatic carbocycles. The smallest absolute Gasteiger partial charge is 0.342 e. The zero-order valence-electron chi connectivity index (χ0n) is 19.2. The van der Waals surface area contributed by atoms with Crippen LogP contribution in [0, 0.1) is 13.8 Å². The lowest BCUT2D eigenvalue weighted by atomic mass is 9.89. The van der Waals surface area contributed by atoms with Crippen LogP contribution in [0.3, 0.4) is 0 Å². The van der Waals surface area contributed by atoms with E-state index in [-0.39, 0.29) is 35.7 Å². The second-order valence-electron chi connectivity index (χ2n) is 8.17. The van der Waals surface area contributed by atoms with E-state index in [0.29, 0.717) is 24.0 Å². The Morgan fingerprint density at radius 2 is 1.82 bits per heavy atom. The minimum absolute atomic E-state index is 0.0144. The summed E-state index contributed by atoms with van der Waals surface area (Å²) in [6, 6.07) is 6.27. The molecule has 0 atom stereocenters. The van der Waals surface area contributed by atoms with Crippen molar-refractivity contribution in [3.63, 3.8) is 0 Å². The number of aryl methyl sites for hydroxylation is 1. The molecule has 2 aromatic rings. The predicted molar refractivity (Wildman–Crippen MR) is 120 cm³/mol. The number of carboxylic acid groups (broad SMARTS) is 1. The van der Waals surface area contributed by atoms with Gasteiger partial charge in [-0.1, -0.05) is 36.3 Å². The maximum absolute atomic E-state index is 13.1. The number of rotatable bonds is 9. The van der Waals surface area contributed by atoms with Gasteiger partial charge in [-0.05, 0) is 69.7 Å². The monoisotopic (exact) mass is 471 g/mol. The number of carbonyl (C=O) groups excluding carboxylic acids is 2. The first-order valence-electron chi connectivity index (χ1n) is 10.8. The molecule has 0 radical (unpaired) electrons. The van der Waals surface area contributed by atoms with Crippen molar-refractivity contribution in [1.29, 1.82) is 0 Å². The van der Waals surface area contributed by atoms with Crippen LogP contribution in [0.5, 0.6) is 5.75 Å². The van der Waals surface area contributed by atoms with Gasteiger partial charge in [-0.2, -0.15) is 8.42 Å². The molecule has 0 saturated carbocycles. The Labute approximate surface area is 194 Å². The van der Waals surface area contributed by atoms with Crippen LogP contribution in [0.15, 0.2) is 40.8 Å². The molecule has 0 bridgehead atoms.